The minimum Gasteiger partial charge on any atom is -0.287 e. The van der Waals surface area contributed by atoms with E-state index in [2.05, 4.69) is 0 Å². The van der Waals surface area contributed by atoms with Gasteiger partial charge in [0.05, 0.1) is 0 Å². The zero-order valence-corrected chi connectivity index (χ0v) is 9.34. The maximum absolute atomic E-state index is 12.7. The number of pyridine rings is 1. The van der Waals surface area contributed by atoms with Crippen LogP contribution in [-0.2, 0) is 13.2 Å². The molecule has 3 heteroatoms. The van der Waals surface area contributed by atoms with Crippen molar-refractivity contribution in [3.05, 3.63) is 66.0 Å². The van der Waals surface area contributed by atoms with E-state index in [0.29, 0.717) is 11.3 Å². The predicted octanol–water partition coefficient (Wildman–Crippen LogP) is 2.33. The maximum Gasteiger partial charge on any atom is 0.227 e. The third kappa shape index (κ3) is 2.75. The van der Waals surface area contributed by atoms with Gasteiger partial charge >= 0.3 is 0 Å². The summed E-state index contributed by atoms with van der Waals surface area (Å²) in [4.78, 5) is 11.9. The maximum atomic E-state index is 12.7. The van der Waals surface area contributed by atoms with E-state index in [-0.39, 0.29) is 12.3 Å². The van der Waals surface area contributed by atoms with Crippen molar-refractivity contribution in [1.82, 2.24) is 0 Å². The fourth-order valence-corrected chi connectivity index (χ4v) is 1.66. The Morgan fingerprint density at radius 2 is 1.76 bits per heavy atom. The van der Waals surface area contributed by atoms with Gasteiger partial charge in [-0.2, -0.15) is 4.57 Å². The van der Waals surface area contributed by atoms with E-state index in [0.717, 1.165) is 0 Å². The lowest BCUT2D eigenvalue weighted by Crippen LogP contribution is -2.41. The van der Waals surface area contributed by atoms with Crippen LogP contribution in [0, 0.1) is 0 Å². The van der Waals surface area contributed by atoms with Crippen molar-refractivity contribution in [2.45, 2.75) is 13.2 Å². The Balaban J connectivity index is 2.19. The highest BCUT2D eigenvalue weighted by Gasteiger charge is 2.15. The third-order valence-electron chi connectivity index (χ3n) is 2.58. The van der Waals surface area contributed by atoms with Crippen LogP contribution in [0.15, 0.2) is 54.7 Å². The van der Waals surface area contributed by atoms with Crippen molar-refractivity contribution >= 4 is 5.78 Å². The molecule has 0 N–H and O–H groups in total. The lowest BCUT2D eigenvalue weighted by Gasteiger charge is -2.00. The highest BCUT2D eigenvalue weighted by Crippen LogP contribution is 2.01. The Bertz CT molecular complexity index is 511. The van der Waals surface area contributed by atoms with Crippen molar-refractivity contribution < 1.29 is 13.8 Å². The molecule has 17 heavy (non-hydrogen) atoms. The molecule has 0 amide bonds. The Morgan fingerprint density at radius 3 is 2.47 bits per heavy atom. The largest absolute Gasteiger partial charge is 0.287 e. The number of hydrogen-bond acceptors (Lipinski definition) is 1. The second kappa shape index (κ2) is 5.34. The molecule has 0 unspecified atom stereocenters. The molecule has 0 aliphatic carbocycles. The molecule has 2 aromatic rings. The van der Waals surface area contributed by atoms with Crippen molar-refractivity contribution in [2.24, 2.45) is 0 Å². The first-order valence-electron chi connectivity index (χ1n) is 5.43. The summed E-state index contributed by atoms with van der Waals surface area (Å²) in [5.41, 5.74) is 1.16. The van der Waals surface area contributed by atoms with Crippen LogP contribution >= 0.6 is 0 Å². The van der Waals surface area contributed by atoms with Crippen LogP contribution in [0.3, 0.4) is 0 Å². The average Bonchev–Trinajstić information content (AvgIpc) is 2.40. The van der Waals surface area contributed by atoms with Crippen molar-refractivity contribution in [3.8, 4) is 0 Å². The molecule has 0 bridgehead atoms. The minimum atomic E-state index is -0.567. The normalized spacial score (nSPS) is 10.2. The van der Waals surface area contributed by atoms with E-state index in [9.17, 15) is 9.18 Å². The highest BCUT2D eigenvalue weighted by molar-refractivity contribution is 5.94. The van der Waals surface area contributed by atoms with Gasteiger partial charge in [0, 0.05) is 17.7 Å². The number of ketones is 1. The molecule has 0 spiro atoms. The number of rotatable bonds is 4. The fraction of sp³-hybridized carbons (Fsp3) is 0.143. The first kappa shape index (κ1) is 11.5. The highest BCUT2D eigenvalue weighted by atomic mass is 19.1. The molecule has 0 aliphatic heterocycles. The Kier molecular flexibility index (Phi) is 3.60. The molecule has 1 aromatic carbocycles. The topological polar surface area (TPSA) is 20.9 Å². The Labute approximate surface area is 99.3 Å². The van der Waals surface area contributed by atoms with E-state index in [1.807, 2.05) is 18.2 Å². The molecule has 1 aromatic heterocycles. The Hall–Kier alpha value is -2.03. The van der Waals surface area contributed by atoms with E-state index < -0.39 is 6.67 Å². The summed E-state index contributed by atoms with van der Waals surface area (Å²) in [6.45, 7) is -0.396. The summed E-state index contributed by atoms with van der Waals surface area (Å²) < 4.78 is 14.3. The van der Waals surface area contributed by atoms with E-state index in [1.54, 1.807) is 41.1 Å². The van der Waals surface area contributed by atoms with E-state index in [4.69, 9.17) is 0 Å². The Morgan fingerprint density at radius 1 is 1.06 bits per heavy atom. The molecule has 2 rings (SSSR count). The van der Waals surface area contributed by atoms with Gasteiger partial charge in [0.2, 0.25) is 18.0 Å². The van der Waals surface area contributed by atoms with Gasteiger partial charge in [0.25, 0.3) is 0 Å². The molecule has 1 heterocycles. The van der Waals surface area contributed by atoms with Gasteiger partial charge in [-0.25, -0.2) is 4.39 Å². The molecular weight excluding hydrogens is 217 g/mol. The number of alkyl halides is 1. The molecule has 0 saturated carbocycles. The van der Waals surface area contributed by atoms with Gasteiger partial charge in [-0.05, 0) is 0 Å². The lowest BCUT2D eigenvalue weighted by molar-refractivity contribution is -0.691. The van der Waals surface area contributed by atoms with E-state index >= 15 is 0 Å². The van der Waals surface area contributed by atoms with Gasteiger partial charge < -0.3 is 0 Å². The summed E-state index contributed by atoms with van der Waals surface area (Å²) in [6, 6.07) is 14.3. The zero-order chi connectivity index (χ0) is 12.1. The SMILES string of the molecule is O=C(C[n+]1ccccc1CF)c1ccccc1. The lowest BCUT2D eigenvalue weighted by atomic mass is 10.1. The molecule has 0 fully saturated rings. The first-order valence-corrected chi connectivity index (χ1v) is 5.43. The van der Waals surface area contributed by atoms with Gasteiger partial charge in [-0.1, -0.05) is 36.4 Å². The van der Waals surface area contributed by atoms with Crippen LogP contribution in [0.5, 0.6) is 0 Å². The molecular formula is C14H13FNO+. The third-order valence-corrected chi connectivity index (χ3v) is 2.58. The van der Waals surface area contributed by atoms with E-state index in [1.165, 1.54) is 0 Å². The molecule has 86 valence electrons. The fourth-order valence-electron chi connectivity index (χ4n) is 1.66. The number of nitrogens with zero attached hydrogens (tertiary/aromatic N) is 1. The molecule has 0 aliphatic rings. The van der Waals surface area contributed by atoms with Crippen molar-refractivity contribution in [2.75, 3.05) is 0 Å². The quantitative estimate of drug-likeness (QED) is 0.583. The average molecular weight is 230 g/mol. The van der Waals surface area contributed by atoms with Crippen molar-refractivity contribution in [1.29, 1.82) is 0 Å². The van der Waals surface area contributed by atoms with Crippen LogP contribution in [0.2, 0.25) is 0 Å². The number of Topliss-reactive ketones (excluding diaryl/α,β-unsaturated/α-hetero) is 1. The van der Waals surface area contributed by atoms with Crippen LogP contribution in [-0.4, -0.2) is 5.78 Å². The summed E-state index contributed by atoms with van der Waals surface area (Å²) in [5, 5.41) is 0. The second-order valence-electron chi connectivity index (χ2n) is 3.74. The monoisotopic (exact) mass is 230 g/mol. The summed E-state index contributed by atoms with van der Waals surface area (Å²) in [6.07, 6.45) is 1.72. The van der Waals surface area contributed by atoms with Gasteiger partial charge in [0.15, 0.2) is 12.9 Å². The molecule has 0 atom stereocenters. The number of benzene rings is 1. The van der Waals surface area contributed by atoms with Crippen molar-refractivity contribution in [3.63, 3.8) is 0 Å². The smallest absolute Gasteiger partial charge is 0.227 e. The number of aromatic nitrogens is 1. The van der Waals surface area contributed by atoms with Crippen LogP contribution in [0.4, 0.5) is 4.39 Å². The molecule has 2 nitrogen and oxygen atoms in total. The number of carbonyl (C=O) groups excluding carboxylic acids is 1. The predicted molar refractivity (Wildman–Crippen MR) is 62.2 cm³/mol. The van der Waals surface area contributed by atoms with Gasteiger partial charge in [-0.3, -0.25) is 4.79 Å². The summed E-state index contributed by atoms with van der Waals surface area (Å²) in [7, 11) is 0. The summed E-state index contributed by atoms with van der Waals surface area (Å²) in [5.74, 6) is -0.0171. The minimum absolute atomic E-state index is 0.0171. The standard InChI is InChI=1S/C14H13FNO/c15-10-13-8-4-5-9-16(13)11-14(17)12-6-2-1-3-7-12/h1-9H,10-11H2/q+1. The molecule has 0 saturated heterocycles. The second-order valence-corrected chi connectivity index (χ2v) is 3.74. The first-order chi connectivity index (χ1) is 8.31. The molecule has 0 radical (unpaired) electrons. The summed E-state index contributed by atoms with van der Waals surface area (Å²) >= 11 is 0. The van der Waals surface area contributed by atoms with Crippen LogP contribution in [0.1, 0.15) is 16.1 Å². The number of carbonyl (C=O) groups is 1. The van der Waals surface area contributed by atoms with Crippen LogP contribution in [0.25, 0.3) is 0 Å². The number of halogens is 1. The van der Waals surface area contributed by atoms with Crippen LogP contribution < -0.4 is 4.57 Å². The number of hydrogen-bond donors (Lipinski definition) is 0. The zero-order valence-electron chi connectivity index (χ0n) is 9.34. The van der Waals surface area contributed by atoms with Gasteiger partial charge in [0.1, 0.15) is 0 Å². The van der Waals surface area contributed by atoms with Gasteiger partial charge in [-0.15, -0.1) is 0 Å².